The summed E-state index contributed by atoms with van der Waals surface area (Å²) < 4.78 is 12.8. The van der Waals surface area contributed by atoms with Crippen molar-refractivity contribution in [3.05, 3.63) is 34.6 Å². The maximum atomic E-state index is 12.8. The lowest BCUT2D eigenvalue weighted by Crippen LogP contribution is -2.11. The van der Waals surface area contributed by atoms with E-state index in [1.54, 1.807) is 6.07 Å². The molecule has 4 heteroatoms. The van der Waals surface area contributed by atoms with Gasteiger partial charge < -0.3 is 11.5 Å². The number of rotatable bonds is 5. The van der Waals surface area contributed by atoms with Gasteiger partial charge in [-0.25, -0.2) is 4.39 Å². The van der Waals surface area contributed by atoms with Gasteiger partial charge in [-0.3, -0.25) is 0 Å². The van der Waals surface area contributed by atoms with E-state index in [0.29, 0.717) is 11.6 Å². The zero-order chi connectivity index (χ0) is 11.3. The second-order valence-corrected chi connectivity index (χ2v) is 3.96. The number of benzene rings is 1. The van der Waals surface area contributed by atoms with Crippen LogP contribution in [0.25, 0.3) is 0 Å². The first-order valence-corrected chi connectivity index (χ1v) is 5.43. The Balaban J connectivity index is 2.61. The van der Waals surface area contributed by atoms with Crippen molar-refractivity contribution in [1.82, 2.24) is 0 Å². The Morgan fingerprint density at radius 3 is 2.67 bits per heavy atom. The van der Waals surface area contributed by atoms with Crippen LogP contribution in [0.2, 0.25) is 5.02 Å². The van der Waals surface area contributed by atoms with E-state index in [-0.39, 0.29) is 11.9 Å². The topological polar surface area (TPSA) is 52.0 Å². The van der Waals surface area contributed by atoms with Gasteiger partial charge in [0.15, 0.2) is 0 Å². The predicted molar refractivity (Wildman–Crippen MR) is 61.2 cm³/mol. The minimum Gasteiger partial charge on any atom is -0.330 e. The average Bonchev–Trinajstić information content (AvgIpc) is 2.17. The molecule has 1 aromatic rings. The smallest absolute Gasteiger partial charge is 0.124 e. The van der Waals surface area contributed by atoms with Crippen LogP contribution >= 0.6 is 11.6 Å². The number of hydrogen-bond acceptors (Lipinski definition) is 2. The molecule has 0 heterocycles. The molecule has 0 fully saturated rings. The highest BCUT2D eigenvalue weighted by atomic mass is 35.5. The van der Waals surface area contributed by atoms with Crippen molar-refractivity contribution in [2.75, 3.05) is 6.54 Å². The second-order valence-electron chi connectivity index (χ2n) is 3.56. The van der Waals surface area contributed by atoms with Gasteiger partial charge in [-0.1, -0.05) is 24.1 Å². The molecule has 0 spiro atoms. The Morgan fingerprint density at radius 1 is 1.33 bits per heavy atom. The summed E-state index contributed by atoms with van der Waals surface area (Å²) in [5.41, 5.74) is 12.1. The summed E-state index contributed by atoms with van der Waals surface area (Å²) in [5, 5.41) is 0.398. The van der Waals surface area contributed by atoms with Gasteiger partial charge in [0, 0.05) is 11.1 Å². The molecule has 1 aromatic carbocycles. The van der Waals surface area contributed by atoms with Gasteiger partial charge in [0.1, 0.15) is 5.82 Å². The molecule has 1 atom stereocenters. The monoisotopic (exact) mass is 230 g/mol. The molecule has 0 amide bonds. The van der Waals surface area contributed by atoms with Gasteiger partial charge >= 0.3 is 0 Å². The van der Waals surface area contributed by atoms with Crippen LogP contribution in [0.3, 0.4) is 0 Å². The van der Waals surface area contributed by atoms with Crippen molar-refractivity contribution < 1.29 is 4.39 Å². The molecule has 2 nitrogen and oxygen atoms in total. The Morgan fingerprint density at radius 2 is 2.07 bits per heavy atom. The molecule has 0 aliphatic heterocycles. The minimum atomic E-state index is -0.335. The zero-order valence-electron chi connectivity index (χ0n) is 8.55. The molecule has 0 saturated carbocycles. The van der Waals surface area contributed by atoms with Crippen LogP contribution in [0.15, 0.2) is 18.2 Å². The van der Waals surface area contributed by atoms with Crippen molar-refractivity contribution in [3.63, 3.8) is 0 Å². The van der Waals surface area contributed by atoms with Crippen LogP contribution in [-0.4, -0.2) is 6.54 Å². The van der Waals surface area contributed by atoms with Gasteiger partial charge in [0.25, 0.3) is 0 Å². The lowest BCUT2D eigenvalue weighted by atomic mass is 10.0. The molecule has 0 radical (unpaired) electrons. The van der Waals surface area contributed by atoms with Crippen LogP contribution in [0.1, 0.15) is 30.9 Å². The maximum absolute atomic E-state index is 12.8. The Hall–Kier alpha value is -0.640. The molecule has 0 bridgehead atoms. The van der Waals surface area contributed by atoms with Crippen LogP contribution in [0.5, 0.6) is 0 Å². The van der Waals surface area contributed by atoms with Crippen molar-refractivity contribution in [1.29, 1.82) is 0 Å². The summed E-state index contributed by atoms with van der Waals surface area (Å²) in [4.78, 5) is 0. The van der Waals surface area contributed by atoms with E-state index in [9.17, 15) is 4.39 Å². The largest absolute Gasteiger partial charge is 0.330 e. The first-order valence-electron chi connectivity index (χ1n) is 5.05. The third-order valence-electron chi connectivity index (χ3n) is 2.33. The Bertz CT molecular complexity index is 317. The molecular formula is C11H16ClFN2. The minimum absolute atomic E-state index is 0.135. The molecule has 0 aliphatic carbocycles. The van der Waals surface area contributed by atoms with Gasteiger partial charge in [0.05, 0.1) is 0 Å². The summed E-state index contributed by atoms with van der Waals surface area (Å²) in [5.74, 6) is -0.335. The molecule has 0 saturated heterocycles. The summed E-state index contributed by atoms with van der Waals surface area (Å²) in [6.45, 7) is 0.671. The molecule has 15 heavy (non-hydrogen) atoms. The number of halogens is 2. The molecule has 84 valence electrons. The maximum Gasteiger partial charge on any atom is 0.124 e. The van der Waals surface area contributed by atoms with E-state index in [1.165, 1.54) is 12.1 Å². The number of unbranched alkanes of at least 4 members (excludes halogenated alkanes) is 1. The summed E-state index contributed by atoms with van der Waals surface area (Å²) in [6, 6.07) is 4.18. The standard InChI is InChI=1S/C11H16ClFN2/c12-10-7-8(13)4-5-9(10)11(15)3-1-2-6-14/h4-5,7,11H,1-3,6,14-15H2/t11-/m1/s1. The van der Waals surface area contributed by atoms with E-state index in [1.807, 2.05) is 0 Å². The lowest BCUT2D eigenvalue weighted by Gasteiger charge is -2.13. The van der Waals surface area contributed by atoms with E-state index < -0.39 is 0 Å². The summed E-state index contributed by atoms with van der Waals surface area (Å²) >= 11 is 5.89. The van der Waals surface area contributed by atoms with Crippen molar-refractivity contribution in [3.8, 4) is 0 Å². The van der Waals surface area contributed by atoms with E-state index in [0.717, 1.165) is 24.8 Å². The number of nitrogens with two attached hydrogens (primary N) is 2. The highest BCUT2D eigenvalue weighted by Gasteiger charge is 2.10. The fraction of sp³-hybridized carbons (Fsp3) is 0.455. The zero-order valence-corrected chi connectivity index (χ0v) is 9.30. The van der Waals surface area contributed by atoms with Gasteiger partial charge in [-0.05, 0) is 37.1 Å². The van der Waals surface area contributed by atoms with Crippen molar-refractivity contribution in [2.24, 2.45) is 11.5 Å². The molecule has 0 aromatic heterocycles. The lowest BCUT2D eigenvalue weighted by molar-refractivity contribution is 0.587. The molecule has 1 rings (SSSR count). The molecule has 0 aliphatic rings. The van der Waals surface area contributed by atoms with Gasteiger partial charge in [0.2, 0.25) is 0 Å². The third kappa shape index (κ3) is 3.78. The third-order valence-corrected chi connectivity index (χ3v) is 2.66. The van der Waals surface area contributed by atoms with Gasteiger partial charge in [-0.15, -0.1) is 0 Å². The molecule has 0 unspecified atom stereocenters. The fourth-order valence-corrected chi connectivity index (χ4v) is 1.77. The van der Waals surface area contributed by atoms with Crippen LogP contribution in [-0.2, 0) is 0 Å². The molecular weight excluding hydrogens is 215 g/mol. The second kappa shape index (κ2) is 6.05. The Kier molecular flexibility index (Phi) is 5.02. The van der Waals surface area contributed by atoms with Crippen LogP contribution in [0.4, 0.5) is 4.39 Å². The quantitative estimate of drug-likeness (QED) is 0.764. The van der Waals surface area contributed by atoms with Crippen LogP contribution in [0, 0.1) is 5.82 Å². The average molecular weight is 231 g/mol. The highest BCUT2D eigenvalue weighted by molar-refractivity contribution is 6.31. The van der Waals surface area contributed by atoms with E-state index in [4.69, 9.17) is 23.1 Å². The fourth-order valence-electron chi connectivity index (χ4n) is 1.47. The van der Waals surface area contributed by atoms with Crippen LogP contribution < -0.4 is 11.5 Å². The molecule has 4 N–H and O–H groups in total. The summed E-state index contributed by atoms with van der Waals surface area (Å²) in [7, 11) is 0. The number of hydrogen-bond donors (Lipinski definition) is 2. The van der Waals surface area contributed by atoms with E-state index in [2.05, 4.69) is 0 Å². The Labute approximate surface area is 94.4 Å². The summed E-state index contributed by atoms with van der Waals surface area (Å²) in [6.07, 6.45) is 2.74. The normalized spacial score (nSPS) is 12.8. The predicted octanol–water partition coefficient (Wildman–Crippen LogP) is 2.61. The van der Waals surface area contributed by atoms with Gasteiger partial charge in [-0.2, -0.15) is 0 Å². The highest BCUT2D eigenvalue weighted by Crippen LogP contribution is 2.25. The van der Waals surface area contributed by atoms with Crippen molar-refractivity contribution in [2.45, 2.75) is 25.3 Å². The SMILES string of the molecule is NCCCC[C@@H](N)c1ccc(F)cc1Cl. The first kappa shape index (κ1) is 12.4. The first-order chi connectivity index (χ1) is 7.15. The van der Waals surface area contributed by atoms with E-state index >= 15 is 0 Å². The van der Waals surface area contributed by atoms with Crippen molar-refractivity contribution >= 4 is 11.6 Å².